The van der Waals surface area contributed by atoms with Gasteiger partial charge in [0.05, 0.1) is 12.9 Å². The van der Waals surface area contributed by atoms with Crippen LogP contribution in [0.1, 0.15) is 10.4 Å². The average Bonchev–Trinajstić information content (AvgIpc) is 3.07. The molecule has 0 atom stereocenters. The minimum absolute atomic E-state index is 0.0893. The van der Waals surface area contributed by atoms with Gasteiger partial charge >= 0.3 is 0 Å². The minimum Gasteiger partial charge on any atom is -0.494 e. The molecule has 3 aromatic rings. The summed E-state index contributed by atoms with van der Waals surface area (Å²) < 4.78 is 32.3. The fourth-order valence-corrected chi connectivity index (χ4v) is 3.73. The van der Waals surface area contributed by atoms with E-state index in [1.54, 1.807) is 12.1 Å². The number of halogens is 2. The number of carbonyl (C=O) groups is 1. The van der Waals surface area contributed by atoms with E-state index in [0.29, 0.717) is 15.2 Å². The number of rotatable bonds is 7. The van der Waals surface area contributed by atoms with Crippen molar-refractivity contribution in [3.8, 4) is 5.75 Å². The zero-order valence-corrected chi connectivity index (χ0v) is 15.2. The van der Waals surface area contributed by atoms with E-state index in [1.165, 1.54) is 54.5 Å². The Hall–Kier alpha value is -2.52. The second-order valence-corrected chi connectivity index (χ2v) is 7.27. The molecule has 134 valence electrons. The molecule has 9 heteroatoms. The lowest BCUT2D eigenvalue weighted by Gasteiger charge is -2.04. The lowest BCUT2D eigenvalue weighted by atomic mass is 10.1. The molecule has 0 bridgehead atoms. The summed E-state index contributed by atoms with van der Waals surface area (Å²) in [6.45, 7) is 0. The maximum atomic E-state index is 13.7. The van der Waals surface area contributed by atoms with E-state index in [1.807, 2.05) is 0 Å². The Balaban J connectivity index is 1.59. The smallest absolute Gasteiger partial charge is 0.210 e. The van der Waals surface area contributed by atoms with Crippen LogP contribution in [0, 0.1) is 11.6 Å². The molecule has 0 saturated carbocycles. The number of hydrogen-bond donors (Lipinski definition) is 1. The fraction of sp³-hybridized carbons (Fsp3) is 0.118. The zero-order valence-electron chi connectivity index (χ0n) is 13.5. The Bertz CT molecular complexity index is 934. The van der Waals surface area contributed by atoms with Crippen molar-refractivity contribution < 1.29 is 18.3 Å². The number of nitrogens with zero attached hydrogens (tertiary/aromatic N) is 2. The van der Waals surface area contributed by atoms with E-state index in [2.05, 4.69) is 15.5 Å². The Morgan fingerprint density at radius 2 is 2.08 bits per heavy atom. The van der Waals surface area contributed by atoms with Crippen molar-refractivity contribution in [1.29, 1.82) is 0 Å². The maximum absolute atomic E-state index is 13.7. The van der Waals surface area contributed by atoms with E-state index in [0.717, 1.165) is 6.07 Å². The van der Waals surface area contributed by atoms with E-state index in [4.69, 9.17) is 4.74 Å². The predicted octanol–water partition coefficient (Wildman–Crippen LogP) is 4.54. The summed E-state index contributed by atoms with van der Waals surface area (Å²) in [6.07, 6.45) is 0. The third kappa shape index (κ3) is 4.55. The van der Waals surface area contributed by atoms with Crippen LogP contribution in [-0.4, -0.2) is 28.8 Å². The number of nitrogens with one attached hydrogen (secondary N) is 1. The van der Waals surface area contributed by atoms with Crippen LogP contribution in [0.3, 0.4) is 0 Å². The number of thioether (sulfide) groups is 1. The molecule has 0 aliphatic carbocycles. The molecule has 1 aromatic heterocycles. The van der Waals surface area contributed by atoms with Gasteiger partial charge in [0.25, 0.3) is 0 Å². The van der Waals surface area contributed by atoms with Crippen LogP contribution in [0.4, 0.5) is 19.6 Å². The van der Waals surface area contributed by atoms with Crippen molar-refractivity contribution in [2.24, 2.45) is 0 Å². The Morgan fingerprint density at radius 1 is 1.23 bits per heavy atom. The van der Waals surface area contributed by atoms with Crippen LogP contribution in [-0.2, 0) is 0 Å². The summed E-state index contributed by atoms with van der Waals surface area (Å²) in [5.74, 6) is -0.981. The number of methoxy groups -OCH3 is 1. The first-order valence-corrected chi connectivity index (χ1v) is 9.21. The number of aromatic nitrogens is 2. The zero-order chi connectivity index (χ0) is 18.5. The average molecular weight is 393 g/mol. The molecule has 0 aliphatic heterocycles. The highest BCUT2D eigenvalue weighted by Gasteiger charge is 2.13. The molecule has 0 aliphatic rings. The fourth-order valence-electron chi connectivity index (χ4n) is 2.06. The van der Waals surface area contributed by atoms with Gasteiger partial charge in [0.1, 0.15) is 5.82 Å². The number of carbonyl (C=O) groups excluding carboxylic acids is 1. The molecule has 0 amide bonds. The molecule has 0 unspecified atom stereocenters. The van der Waals surface area contributed by atoms with E-state index < -0.39 is 5.82 Å². The van der Waals surface area contributed by atoms with Crippen LogP contribution in [0.5, 0.6) is 5.75 Å². The molecule has 0 spiro atoms. The molecule has 3 rings (SSSR count). The Labute approximate surface area is 156 Å². The van der Waals surface area contributed by atoms with Gasteiger partial charge in [-0.2, -0.15) is 0 Å². The number of anilines is 2. The van der Waals surface area contributed by atoms with Gasteiger partial charge in [0.15, 0.2) is 21.7 Å². The van der Waals surface area contributed by atoms with Crippen LogP contribution in [0.15, 0.2) is 46.8 Å². The van der Waals surface area contributed by atoms with Gasteiger partial charge in [-0.1, -0.05) is 29.2 Å². The first kappa shape index (κ1) is 18.3. The molecule has 26 heavy (non-hydrogen) atoms. The molecule has 1 heterocycles. The highest BCUT2D eigenvalue weighted by atomic mass is 32.2. The van der Waals surface area contributed by atoms with Crippen molar-refractivity contribution in [3.05, 3.63) is 59.7 Å². The second kappa shape index (κ2) is 8.24. The molecule has 0 saturated heterocycles. The normalized spacial score (nSPS) is 10.6. The third-order valence-electron chi connectivity index (χ3n) is 3.28. The van der Waals surface area contributed by atoms with Gasteiger partial charge in [-0.05, 0) is 36.4 Å². The second-order valence-electron chi connectivity index (χ2n) is 5.07. The summed E-state index contributed by atoms with van der Waals surface area (Å²) in [5.41, 5.74) is 0.820. The van der Waals surface area contributed by atoms with Crippen molar-refractivity contribution in [2.45, 2.75) is 4.34 Å². The molecule has 0 fully saturated rings. The van der Waals surface area contributed by atoms with Gasteiger partial charge in [-0.15, -0.1) is 10.2 Å². The monoisotopic (exact) mass is 393 g/mol. The Kier molecular flexibility index (Phi) is 5.79. The first-order valence-electron chi connectivity index (χ1n) is 7.41. The summed E-state index contributed by atoms with van der Waals surface area (Å²) in [4.78, 5) is 12.2. The van der Waals surface area contributed by atoms with Crippen LogP contribution < -0.4 is 10.1 Å². The van der Waals surface area contributed by atoms with Gasteiger partial charge in [-0.25, -0.2) is 8.78 Å². The standard InChI is InChI=1S/C17H13F2N3O2S2/c1-24-15-6-5-10(7-13(15)19)14(23)9-25-17-22-21-16(26-17)20-12-4-2-3-11(18)8-12/h2-8H,9H2,1H3,(H,20,21). The van der Waals surface area contributed by atoms with Crippen LogP contribution in [0.2, 0.25) is 0 Å². The van der Waals surface area contributed by atoms with Crippen molar-refractivity contribution >= 4 is 39.7 Å². The van der Waals surface area contributed by atoms with Crippen molar-refractivity contribution in [2.75, 3.05) is 18.2 Å². The summed E-state index contributed by atoms with van der Waals surface area (Å²) >= 11 is 2.44. The van der Waals surface area contributed by atoms with Crippen molar-refractivity contribution in [1.82, 2.24) is 10.2 Å². The SMILES string of the molecule is COc1ccc(C(=O)CSc2nnc(Nc3cccc(F)c3)s2)cc1F. The highest BCUT2D eigenvalue weighted by molar-refractivity contribution is 8.01. The van der Waals surface area contributed by atoms with Gasteiger partial charge in [0.2, 0.25) is 5.13 Å². The molecule has 5 nitrogen and oxygen atoms in total. The van der Waals surface area contributed by atoms with Gasteiger partial charge in [0, 0.05) is 11.3 Å². The Morgan fingerprint density at radius 3 is 2.81 bits per heavy atom. The minimum atomic E-state index is -0.583. The van der Waals surface area contributed by atoms with E-state index in [9.17, 15) is 13.6 Å². The quantitative estimate of drug-likeness (QED) is 0.470. The first-order chi connectivity index (χ1) is 12.5. The molecular formula is C17H13F2N3O2S2. The molecule has 0 radical (unpaired) electrons. The predicted molar refractivity (Wildman–Crippen MR) is 97.6 cm³/mol. The summed E-state index contributed by atoms with van der Waals surface area (Å²) in [6, 6.07) is 10.1. The third-order valence-corrected chi connectivity index (χ3v) is 5.25. The molecular weight excluding hydrogens is 380 g/mol. The van der Waals surface area contributed by atoms with Gasteiger partial charge < -0.3 is 10.1 Å². The van der Waals surface area contributed by atoms with E-state index >= 15 is 0 Å². The van der Waals surface area contributed by atoms with Gasteiger partial charge in [-0.3, -0.25) is 4.79 Å². The summed E-state index contributed by atoms with van der Waals surface area (Å²) in [7, 11) is 1.36. The topological polar surface area (TPSA) is 64.1 Å². The number of ether oxygens (including phenoxy) is 1. The molecule has 1 N–H and O–H groups in total. The van der Waals surface area contributed by atoms with E-state index in [-0.39, 0.29) is 28.7 Å². The largest absolute Gasteiger partial charge is 0.494 e. The van der Waals surface area contributed by atoms with Crippen molar-refractivity contribution in [3.63, 3.8) is 0 Å². The maximum Gasteiger partial charge on any atom is 0.210 e. The lowest BCUT2D eigenvalue weighted by Crippen LogP contribution is -2.03. The van der Waals surface area contributed by atoms with Crippen LogP contribution >= 0.6 is 23.1 Å². The number of benzene rings is 2. The van der Waals surface area contributed by atoms with Crippen LogP contribution in [0.25, 0.3) is 0 Å². The number of Topliss-reactive ketones (excluding diaryl/α,β-unsaturated/α-hetero) is 1. The lowest BCUT2D eigenvalue weighted by molar-refractivity contribution is 0.102. The summed E-state index contributed by atoms with van der Waals surface area (Å²) in [5, 5.41) is 11.4. The number of ketones is 1. The molecule has 2 aromatic carbocycles. The number of hydrogen-bond acceptors (Lipinski definition) is 7. The highest BCUT2D eigenvalue weighted by Crippen LogP contribution is 2.28.